The standard InChI is InChI=1S/C24H31NO4/c1-5-27-21-13-11-17(15-22(21)28-6-2)12-14-23(26)25-19-16-24(3,4)29-20-10-8-7-9-18(19)20/h7-11,13,15,19H,5-6,12,14,16H2,1-4H3,(H,25,26)/t19-/m0/s1. The molecule has 1 amide bonds. The highest BCUT2D eigenvalue weighted by Gasteiger charge is 2.34. The Kier molecular flexibility index (Phi) is 6.68. The van der Waals surface area contributed by atoms with E-state index in [1.807, 2.05) is 56.3 Å². The summed E-state index contributed by atoms with van der Waals surface area (Å²) in [6.45, 7) is 9.16. The Balaban J connectivity index is 1.64. The molecule has 0 bridgehead atoms. The van der Waals surface area contributed by atoms with Gasteiger partial charge in [-0.3, -0.25) is 4.79 Å². The van der Waals surface area contributed by atoms with E-state index in [0.29, 0.717) is 26.1 Å². The van der Waals surface area contributed by atoms with E-state index in [1.54, 1.807) is 0 Å². The fourth-order valence-electron chi connectivity index (χ4n) is 3.71. The quantitative estimate of drug-likeness (QED) is 0.693. The SMILES string of the molecule is CCOc1ccc(CCC(=O)N[C@H]2CC(C)(C)Oc3ccccc32)cc1OCC. The van der Waals surface area contributed by atoms with E-state index in [-0.39, 0.29) is 17.6 Å². The topological polar surface area (TPSA) is 56.8 Å². The highest BCUT2D eigenvalue weighted by Crippen LogP contribution is 2.39. The van der Waals surface area contributed by atoms with Crippen LogP contribution in [0.3, 0.4) is 0 Å². The van der Waals surface area contributed by atoms with Crippen molar-refractivity contribution >= 4 is 5.91 Å². The Morgan fingerprint density at radius 3 is 2.59 bits per heavy atom. The summed E-state index contributed by atoms with van der Waals surface area (Å²) in [7, 11) is 0. The number of nitrogens with one attached hydrogen (secondary N) is 1. The molecule has 5 heteroatoms. The molecule has 0 spiro atoms. The highest BCUT2D eigenvalue weighted by atomic mass is 16.5. The normalized spacial score (nSPS) is 17.0. The van der Waals surface area contributed by atoms with Crippen LogP contribution in [0.15, 0.2) is 42.5 Å². The summed E-state index contributed by atoms with van der Waals surface area (Å²) in [5.41, 5.74) is 1.79. The number of carbonyl (C=O) groups excluding carboxylic acids is 1. The molecular formula is C24H31NO4. The fourth-order valence-corrected chi connectivity index (χ4v) is 3.71. The Hall–Kier alpha value is -2.69. The molecular weight excluding hydrogens is 366 g/mol. The first-order valence-electron chi connectivity index (χ1n) is 10.4. The van der Waals surface area contributed by atoms with Crippen LogP contribution in [-0.2, 0) is 11.2 Å². The molecule has 2 aromatic carbocycles. The second-order valence-corrected chi connectivity index (χ2v) is 7.87. The summed E-state index contributed by atoms with van der Waals surface area (Å²) in [4.78, 5) is 12.7. The largest absolute Gasteiger partial charge is 0.490 e. The van der Waals surface area contributed by atoms with Crippen molar-refractivity contribution in [2.24, 2.45) is 0 Å². The molecule has 0 aliphatic carbocycles. The first-order chi connectivity index (χ1) is 13.9. The zero-order valence-electron chi connectivity index (χ0n) is 17.8. The zero-order chi connectivity index (χ0) is 20.9. The molecule has 1 aliphatic rings. The van der Waals surface area contributed by atoms with Crippen molar-refractivity contribution in [1.82, 2.24) is 5.32 Å². The lowest BCUT2D eigenvalue weighted by molar-refractivity contribution is -0.122. The fraction of sp³-hybridized carbons (Fsp3) is 0.458. The van der Waals surface area contributed by atoms with Crippen LogP contribution < -0.4 is 19.5 Å². The second-order valence-electron chi connectivity index (χ2n) is 7.87. The van der Waals surface area contributed by atoms with Crippen LogP contribution in [0, 0.1) is 0 Å². The molecule has 156 valence electrons. The Morgan fingerprint density at radius 2 is 1.83 bits per heavy atom. The number of fused-ring (bicyclic) bond motifs is 1. The molecule has 0 radical (unpaired) electrons. The van der Waals surface area contributed by atoms with Crippen LogP contribution in [0.25, 0.3) is 0 Å². The van der Waals surface area contributed by atoms with E-state index in [2.05, 4.69) is 19.2 Å². The minimum Gasteiger partial charge on any atom is -0.490 e. The predicted octanol–water partition coefficient (Wildman–Crippen LogP) is 4.84. The predicted molar refractivity (Wildman–Crippen MR) is 114 cm³/mol. The van der Waals surface area contributed by atoms with E-state index >= 15 is 0 Å². The monoisotopic (exact) mass is 397 g/mol. The van der Waals surface area contributed by atoms with Crippen LogP contribution in [0.1, 0.15) is 57.7 Å². The molecule has 0 saturated heterocycles. The molecule has 29 heavy (non-hydrogen) atoms. The van der Waals surface area contributed by atoms with Gasteiger partial charge in [-0.15, -0.1) is 0 Å². The number of para-hydroxylation sites is 1. The second kappa shape index (κ2) is 9.21. The Bertz CT molecular complexity index is 847. The van der Waals surface area contributed by atoms with Crippen LogP contribution >= 0.6 is 0 Å². The number of hydrogen-bond acceptors (Lipinski definition) is 4. The third-order valence-electron chi connectivity index (χ3n) is 4.96. The number of benzene rings is 2. The summed E-state index contributed by atoms with van der Waals surface area (Å²) in [6, 6.07) is 13.8. The van der Waals surface area contributed by atoms with Gasteiger partial charge in [-0.2, -0.15) is 0 Å². The molecule has 0 fully saturated rings. The van der Waals surface area contributed by atoms with E-state index in [4.69, 9.17) is 14.2 Å². The first-order valence-corrected chi connectivity index (χ1v) is 10.4. The first kappa shape index (κ1) is 21.0. The lowest BCUT2D eigenvalue weighted by Gasteiger charge is -2.37. The molecule has 5 nitrogen and oxygen atoms in total. The van der Waals surface area contributed by atoms with E-state index < -0.39 is 0 Å². The van der Waals surface area contributed by atoms with Crippen LogP contribution in [0.2, 0.25) is 0 Å². The van der Waals surface area contributed by atoms with Gasteiger partial charge in [0.1, 0.15) is 11.4 Å². The molecule has 1 aliphatic heterocycles. The van der Waals surface area contributed by atoms with Gasteiger partial charge in [-0.1, -0.05) is 24.3 Å². The highest BCUT2D eigenvalue weighted by molar-refractivity contribution is 5.77. The minimum atomic E-state index is -0.312. The number of amides is 1. The number of rotatable bonds is 8. The molecule has 2 aromatic rings. The van der Waals surface area contributed by atoms with Crippen LogP contribution in [-0.4, -0.2) is 24.7 Å². The van der Waals surface area contributed by atoms with Crippen molar-refractivity contribution in [3.05, 3.63) is 53.6 Å². The Morgan fingerprint density at radius 1 is 1.10 bits per heavy atom. The summed E-state index contributed by atoms with van der Waals surface area (Å²) in [5.74, 6) is 2.35. The van der Waals surface area contributed by atoms with Crippen LogP contribution in [0.4, 0.5) is 0 Å². The van der Waals surface area contributed by atoms with Crippen molar-refractivity contribution in [2.75, 3.05) is 13.2 Å². The van der Waals surface area contributed by atoms with Crippen molar-refractivity contribution in [2.45, 2.75) is 58.6 Å². The number of ether oxygens (including phenoxy) is 3. The van der Waals surface area contributed by atoms with Gasteiger partial charge in [0.05, 0.1) is 19.3 Å². The summed E-state index contributed by atoms with van der Waals surface area (Å²) in [5, 5.41) is 3.20. The van der Waals surface area contributed by atoms with E-state index in [9.17, 15) is 4.79 Å². The van der Waals surface area contributed by atoms with Gasteiger partial charge in [-0.05, 0) is 57.9 Å². The van der Waals surface area contributed by atoms with Gasteiger partial charge in [-0.25, -0.2) is 0 Å². The van der Waals surface area contributed by atoms with Gasteiger partial charge in [0, 0.05) is 18.4 Å². The Labute approximate surface area is 173 Å². The third-order valence-corrected chi connectivity index (χ3v) is 4.96. The van der Waals surface area contributed by atoms with Crippen LogP contribution in [0.5, 0.6) is 17.2 Å². The molecule has 0 saturated carbocycles. The van der Waals surface area contributed by atoms with Crippen molar-refractivity contribution in [3.8, 4) is 17.2 Å². The smallest absolute Gasteiger partial charge is 0.220 e. The maximum Gasteiger partial charge on any atom is 0.220 e. The summed E-state index contributed by atoms with van der Waals surface area (Å²) in [6.07, 6.45) is 1.80. The molecule has 1 N–H and O–H groups in total. The van der Waals surface area contributed by atoms with Crippen molar-refractivity contribution in [1.29, 1.82) is 0 Å². The molecule has 0 unspecified atom stereocenters. The summed E-state index contributed by atoms with van der Waals surface area (Å²) >= 11 is 0. The zero-order valence-corrected chi connectivity index (χ0v) is 17.8. The van der Waals surface area contributed by atoms with Crippen molar-refractivity contribution < 1.29 is 19.0 Å². The number of aryl methyl sites for hydroxylation is 1. The maximum absolute atomic E-state index is 12.7. The average molecular weight is 398 g/mol. The third kappa shape index (κ3) is 5.43. The van der Waals surface area contributed by atoms with Gasteiger partial charge in [0.2, 0.25) is 5.91 Å². The van der Waals surface area contributed by atoms with Gasteiger partial charge in [0.25, 0.3) is 0 Å². The minimum absolute atomic E-state index is 0.0364. The van der Waals surface area contributed by atoms with E-state index in [1.165, 1.54) is 0 Å². The number of carbonyl (C=O) groups is 1. The molecule has 1 atom stereocenters. The average Bonchev–Trinajstić information content (AvgIpc) is 2.67. The lowest BCUT2D eigenvalue weighted by Crippen LogP contribution is -2.41. The van der Waals surface area contributed by atoms with Gasteiger partial charge in [0.15, 0.2) is 11.5 Å². The molecule has 0 aromatic heterocycles. The van der Waals surface area contributed by atoms with Gasteiger partial charge < -0.3 is 19.5 Å². The lowest BCUT2D eigenvalue weighted by atomic mass is 9.89. The van der Waals surface area contributed by atoms with Crippen molar-refractivity contribution in [3.63, 3.8) is 0 Å². The number of hydrogen-bond donors (Lipinski definition) is 1. The molecule has 3 rings (SSSR count). The summed E-state index contributed by atoms with van der Waals surface area (Å²) < 4.78 is 17.3. The van der Waals surface area contributed by atoms with E-state index in [0.717, 1.165) is 34.8 Å². The maximum atomic E-state index is 12.7. The molecule has 1 heterocycles. The van der Waals surface area contributed by atoms with Gasteiger partial charge >= 0.3 is 0 Å².